The fourth-order valence-corrected chi connectivity index (χ4v) is 2.16. The first-order valence-electron chi connectivity index (χ1n) is 6.78. The van der Waals surface area contributed by atoms with E-state index in [0.29, 0.717) is 6.54 Å². The molecule has 4 heteroatoms. The Hall–Kier alpha value is -1.94. The molecule has 0 aliphatic carbocycles. The van der Waals surface area contributed by atoms with Crippen LogP contribution in [0.25, 0.3) is 0 Å². The lowest BCUT2D eigenvalue weighted by Crippen LogP contribution is -2.23. The van der Waals surface area contributed by atoms with Crippen molar-refractivity contribution in [2.75, 3.05) is 12.3 Å². The first kappa shape index (κ1) is 14.5. The van der Waals surface area contributed by atoms with E-state index in [2.05, 4.69) is 16.8 Å². The Balaban J connectivity index is 2.11. The zero-order chi connectivity index (χ0) is 14.5. The maximum Gasteiger partial charge on any atom is 0.146 e. The van der Waals surface area contributed by atoms with Gasteiger partial charge in [-0.15, -0.1) is 0 Å². The number of rotatable bonds is 5. The number of hydrogen-bond acceptors (Lipinski definition) is 3. The molecule has 0 amide bonds. The van der Waals surface area contributed by atoms with Crippen molar-refractivity contribution >= 4 is 5.69 Å². The second kappa shape index (κ2) is 6.48. The number of aryl methyl sites for hydroxylation is 1. The lowest BCUT2D eigenvalue weighted by atomic mass is 10.1. The normalized spacial score (nSPS) is 11.0. The fraction of sp³-hybridized carbons (Fsp3) is 0.312. The van der Waals surface area contributed by atoms with Crippen molar-refractivity contribution in [1.29, 1.82) is 0 Å². The number of anilines is 1. The van der Waals surface area contributed by atoms with Crippen LogP contribution in [0.15, 0.2) is 36.4 Å². The van der Waals surface area contributed by atoms with Gasteiger partial charge >= 0.3 is 0 Å². The second-order valence-corrected chi connectivity index (χ2v) is 4.89. The number of para-hydroxylation sites is 1. The molecule has 0 bridgehead atoms. The number of benzene rings is 1. The highest BCUT2D eigenvalue weighted by Gasteiger charge is 2.10. The lowest BCUT2D eigenvalue weighted by Gasteiger charge is -2.21. The summed E-state index contributed by atoms with van der Waals surface area (Å²) in [5.74, 6) is -0.354. The molecule has 0 atom stereocenters. The second-order valence-electron chi connectivity index (χ2n) is 4.89. The molecule has 0 unspecified atom stereocenters. The Morgan fingerprint density at radius 3 is 2.60 bits per heavy atom. The van der Waals surface area contributed by atoms with Crippen molar-refractivity contribution in [3.63, 3.8) is 0 Å². The predicted octanol–water partition coefficient (Wildman–Crippen LogP) is 3.13. The molecule has 1 aromatic heterocycles. The van der Waals surface area contributed by atoms with E-state index in [1.54, 1.807) is 6.07 Å². The Morgan fingerprint density at radius 2 is 1.90 bits per heavy atom. The molecule has 106 valence electrons. The van der Waals surface area contributed by atoms with E-state index in [1.807, 2.05) is 31.2 Å². The number of nitrogens with two attached hydrogens (primary N) is 1. The summed E-state index contributed by atoms with van der Waals surface area (Å²) in [5.41, 5.74) is 8.86. The van der Waals surface area contributed by atoms with Gasteiger partial charge in [-0.05, 0) is 37.2 Å². The van der Waals surface area contributed by atoms with Crippen LogP contribution in [0.3, 0.4) is 0 Å². The van der Waals surface area contributed by atoms with Crippen LogP contribution in [-0.4, -0.2) is 16.4 Å². The van der Waals surface area contributed by atoms with Crippen LogP contribution in [0.5, 0.6) is 0 Å². The number of hydrogen-bond donors (Lipinski definition) is 1. The van der Waals surface area contributed by atoms with Crippen LogP contribution in [-0.2, 0) is 13.1 Å². The molecule has 1 heterocycles. The van der Waals surface area contributed by atoms with Crippen molar-refractivity contribution in [3.8, 4) is 0 Å². The predicted molar refractivity (Wildman–Crippen MR) is 79.6 cm³/mol. The van der Waals surface area contributed by atoms with Crippen LogP contribution < -0.4 is 5.73 Å². The minimum absolute atomic E-state index is 0.239. The molecule has 2 N–H and O–H groups in total. The monoisotopic (exact) mass is 273 g/mol. The minimum Gasteiger partial charge on any atom is -0.396 e. The van der Waals surface area contributed by atoms with Gasteiger partial charge in [0.1, 0.15) is 5.82 Å². The van der Waals surface area contributed by atoms with E-state index < -0.39 is 0 Å². The van der Waals surface area contributed by atoms with Crippen molar-refractivity contribution < 1.29 is 4.39 Å². The summed E-state index contributed by atoms with van der Waals surface area (Å²) < 4.78 is 13.5. The van der Waals surface area contributed by atoms with Crippen LogP contribution in [0.2, 0.25) is 0 Å². The zero-order valence-electron chi connectivity index (χ0n) is 11.9. The van der Waals surface area contributed by atoms with Crippen molar-refractivity contribution in [3.05, 3.63) is 59.2 Å². The summed E-state index contributed by atoms with van der Waals surface area (Å²) in [6.45, 7) is 6.26. The molecule has 1 aromatic carbocycles. The summed E-state index contributed by atoms with van der Waals surface area (Å²) in [4.78, 5) is 6.68. The topological polar surface area (TPSA) is 42.2 Å². The van der Waals surface area contributed by atoms with Gasteiger partial charge in [-0.2, -0.15) is 0 Å². The van der Waals surface area contributed by atoms with Crippen LogP contribution in [0.4, 0.5) is 10.1 Å². The zero-order valence-corrected chi connectivity index (χ0v) is 11.9. The van der Waals surface area contributed by atoms with Gasteiger partial charge in [0.25, 0.3) is 0 Å². The summed E-state index contributed by atoms with van der Waals surface area (Å²) in [6.07, 6.45) is 0. The van der Waals surface area contributed by atoms with E-state index in [0.717, 1.165) is 30.0 Å². The Kier molecular flexibility index (Phi) is 4.69. The van der Waals surface area contributed by atoms with Crippen LogP contribution >= 0.6 is 0 Å². The quantitative estimate of drug-likeness (QED) is 0.851. The van der Waals surface area contributed by atoms with Gasteiger partial charge < -0.3 is 5.73 Å². The molecule has 20 heavy (non-hydrogen) atoms. The van der Waals surface area contributed by atoms with Crippen LogP contribution in [0, 0.1) is 12.7 Å². The molecule has 0 saturated heterocycles. The van der Waals surface area contributed by atoms with Crippen molar-refractivity contribution in [2.24, 2.45) is 0 Å². The largest absolute Gasteiger partial charge is 0.396 e. The molecule has 0 fully saturated rings. The Bertz CT molecular complexity index is 584. The molecule has 0 radical (unpaired) electrons. The minimum atomic E-state index is -0.354. The summed E-state index contributed by atoms with van der Waals surface area (Å²) in [5, 5.41) is 0. The molecule has 0 aliphatic heterocycles. The molecule has 2 rings (SSSR count). The Labute approximate surface area is 119 Å². The SMILES string of the molecule is CCN(Cc1cccc(C)n1)Cc1cccc(F)c1N. The Morgan fingerprint density at radius 1 is 1.15 bits per heavy atom. The standard InChI is InChI=1S/C16H20FN3/c1-3-20(11-14-8-4-6-12(2)19-14)10-13-7-5-9-15(17)16(13)18/h4-9H,3,10-11,18H2,1-2H3. The highest BCUT2D eigenvalue weighted by molar-refractivity contribution is 5.47. The number of nitrogens with zero attached hydrogens (tertiary/aromatic N) is 2. The van der Waals surface area contributed by atoms with E-state index in [1.165, 1.54) is 6.07 Å². The molecular weight excluding hydrogens is 253 g/mol. The summed E-state index contributed by atoms with van der Waals surface area (Å²) in [7, 11) is 0. The van der Waals surface area contributed by atoms with Gasteiger partial charge in [-0.25, -0.2) is 4.39 Å². The lowest BCUT2D eigenvalue weighted by molar-refractivity contribution is 0.268. The summed E-state index contributed by atoms with van der Waals surface area (Å²) >= 11 is 0. The summed E-state index contributed by atoms with van der Waals surface area (Å²) in [6, 6.07) is 10.9. The fourth-order valence-electron chi connectivity index (χ4n) is 2.16. The highest BCUT2D eigenvalue weighted by atomic mass is 19.1. The van der Waals surface area contributed by atoms with Gasteiger partial charge in [0.05, 0.1) is 11.4 Å². The van der Waals surface area contributed by atoms with E-state index in [9.17, 15) is 4.39 Å². The number of aromatic nitrogens is 1. The number of halogens is 1. The molecule has 0 saturated carbocycles. The number of pyridine rings is 1. The molecular formula is C16H20FN3. The third kappa shape index (κ3) is 3.54. The van der Waals surface area contributed by atoms with Gasteiger partial charge in [-0.3, -0.25) is 9.88 Å². The average Bonchev–Trinajstić information content (AvgIpc) is 2.43. The first-order chi connectivity index (χ1) is 9.60. The molecule has 3 nitrogen and oxygen atoms in total. The average molecular weight is 273 g/mol. The maximum absolute atomic E-state index is 13.5. The third-order valence-electron chi connectivity index (χ3n) is 3.32. The third-order valence-corrected chi connectivity index (χ3v) is 3.32. The highest BCUT2D eigenvalue weighted by Crippen LogP contribution is 2.18. The van der Waals surface area contributed by atoms with E-state index in [4.69, 9.17) is 5.73 Å². The van der Waals surface area contributed by atoms with E-state index in [-0.39, 0.29) is 11.5 Å². The number of nitrogen functional groups attached to an aromatic ring is 1. The molecule has 0 aliphatic rings. The first-order valence-corrected chi connectivity index (χ1v) is 6.78. The van der Waals surface area contributed by atoms with Gasteiger partial charge in [-0.1, -0.05) is 25.1 Å². The van der Waals surface area contributed by atoms with Gasteiger partial charge in [0.15, 0.2) is 0 Å². The van der Waals surface area contributed by atoms with Gasteiger partial charge in [0, 0.05) is 18.8 Å². The van der Waals surface area contributed by atoms with Crippen molar-refractivity contribution in [2.45, 2.75) is 26.9 Å². The van der Waals surface area contributed by atoms with Crippen molar-refractivity contribution in [1.82, 2.24) is 9.88 Å². The van der Waals surface area contributed by atoms with Gasteiger partial charge in [0.2, 0.25) is 0 Å². The van der Waals surface area contributed by atoms with E-state index >= 15 is 0 Å². The maximum atomic E-state index is 13.5. The van der Waals surface area contributed by atoms with Crippen LogP contribution in [0.1, 0.15) is 23.9 Å². The smallest absolute Gasteiger partial charge is 0.146 e. The molecule has 2 aromatic rings. The molecule has 0 spiro atoms.